The van der Waals surface area contributed by atoms with E-state index < -0.39 is 11.8 Å². The zero-order valence-electron chi connectivity index (χ0n) is 17.6. The molecule has 0 bridgehead atoms. The Labute approximate surface area is 185 Å². The summed E-state index contributed by atoms with van der Waals surface area (Å²) in [5.74, 6) is 0.935. The van der Waals surface area contributed by atoms with E-state index in [0.717, 1.165) is 22.8 Å². The molecule has 2 N–H and O–H groups in total. The lowest BCUT2D eigenvalue weighted by molar-refractivity contribution is -0.120. The summed E-state index contributed by atoms with van der Waals surface area (Å²) in [6, 6.07) is 16.6. The Kier molecular flexibility index (Phi) is 6.50. The molecule has 0 aliphatic carbocycles. The summed E-state index contributed by atoms with van der Waals surface area (Å²) in [7, 11) is 0. The van der Waals surface area contributed by atoms with E-state index in [1.807, 2.05) is 43.3 Å². The van der Waals surface area contributed by atoms with E-state index in [0.29, 0.717) is 29.4 Å². The molecule has 0 radical (unpaired) electrons. The second-order valence-electron chi connectivity index (χ2n) is 7.09. The number of carbonyl (C=O) groups excluding carboxylic acids is 2. The lowest BCUT2D eigenvalue weighted by atomic mass is 10.0. The number of nitrogens with one attached hydrogen (secondary N) is 2. The van der Waals surface area contributed by atoms with Gasteiger partial charge in [-0.3, -0.25) is 9.59 Å². The summed E-state index contributed by atoms with van der Waals surface area (Å²) in [6.07, 6.45) is 2.44. The normalized spacial score (nSPS) is 12.2. The zero-order chi connectivity index (χ0) is 22.3. The van der Waals surface area contributed by atoms with Crippen molar-refractivity contribution in [1.29, 1.82) is 0 Å². The monoisotopic (exact) mass is 433 g/mol. The number of amides is 2. The molecule has 2 amide bonds. The van der Waals surface area contributed by atoms with Crippen LogP contribution < -0.4 is 25.0 Å². The van der Waals surface area contributed by atoms with Crippen molar-refractivity contribution in [2.45, 2.75) is 13.3 Å². The van der Waals surface area contributed by atoms with Crippen molar-refractivity contribution in [3.63, 3.8) is 0 Å². The van der Waals surface area contributed by atoms with Gasteiger partial charge in [-0.25, -0.2) is 5.43 Å². The third-order valence-corrected chi connectivity index (χ3v) is 4.82. The number of benzene rings is 3. The van der Waals surface area contributed by atoms with Crippen LogP contribution in [0.2, 0.25) is 0 Å². The van der Waals surface area contributed by atoms with Gasteiger partial charge in [-0.2, -0.15) is 5.10 Å². The quantitative estimate of drug-likeness (QED) is 0.420. The number of rotatable bonds is 8. The van der Waals surface area contributed by atoms with Crippen LogP contribution in [0.25, 0.3) is 10.8 Å². The predicted octanol–water partition coefficient (Wildman–Crippen LogP) is 3.24. The van der Waals surface area contributed by atoms with Crippen molar-refractivity contribution in [2.24, 2.45) is 5.10 Å². The largest absolute Gasteiger partial charge is 0.493 e. The molecule has 8 heteroatoms. The van der Waals surface area contributed by atoms with Crippen molar-refractivity contribution in [2.75, 3.05) is 19.9 Å². The molecule has 1 aliphatic heterocycles. The van der Waals surface area contributed by atoms with Gasteiger partial charge in [0.2, 0.25) is 6.79 Å². The van der Waals surface area contributed by atoms with Crippen LogP contribution in [-0.2, 0) is 4.79 Å². The molecule has 32 heavy (non-hydrogen) atoms. The maximum atomic E-state index is 12.3. The highest BCUT2D eigenvalue weighted by atomic mass is 16.7. The van der Waals surface area contributed by atoms with Gasteiger partial charge >= 0.3 is 0 Å². The number of hydrogen-bond acceptors (Lipinski definition) is 6. The molecule has 1 aliphatic rings. The number of fused-ring (bicyclic) bond motifs is 2. The van der Waals surface area contributed by atoms with Crippen molar-refractivity contribution in [3.05, 3.63) is 65.7 Å². The average molecular weight is 433 g/mol. The minimum absolute atomic E-state index is 0.128. The van der Waals surface area contributed by atoms with Crippen LogP contribution in [0, 0.1) is 0 Å². The van der Waals surface area contributed by atoms with Gasteiger partial charge in [-0.1, -0.05) is 37.3 Å². The van der Waals surface area contributed by atoms with Gasteiger partial charge in [0.05, 0.1) is 19.4 Å². The van der Waals surface area contributed by atoms with E-state index in [2.05, 4.69) is 15.8 Å². The van der Waals surface area contributed by atoms with E-state index in [4.69, 9.17) is 14.2 Å². The standard InChI is InChI=1S/C24H23N3O5/c1-2-11-30-20-9-7-16-5-3-4-6-18(16)19(20)13-26-27-23(28)14-25-24(29)17-8-10-21-22(12-17)32-15-31-21/h3-10,12-13H,2,11,14-15H2,1H3,(H,25,29)(H,27,28). The summed E-state index contributed by atoms with van der Waals surface area (Å²) in [6.45, 7) is 2.52. The molecule has 0 saturated carbocycles. The molecule has 0 aromatic heterocycles. The number of carbonyl (C=O) groups is 2. The van der Waals surface area contributed by atoms with Crippen molar-refractivity contribution < 1.29 is 23.8 Å². The highest BCUT2D eigenvalue weighted by molar-refractivity contribution is 6.03. The molecule has 0 fully saturated rings. The third kappa shape index (κ3) is 4.80. The lowest BCUT2D eigenvalue weighted by Crippen LogP contribution is -2.34. The lowest BCUT2D eigenvalue weighted by Gasteiger charge is -2.11. The minimum atomic E-state index is -0.452. The number of hydrazone groups is 1. The van der Waals surface area contributed by atoms with Gasteiger partial charge in [0.1, 0.15) is 5.75 Å². The molecule has 3 aromatic carbocycles. The van der Waals surface area contributed by atoms with Crippen LogP contribution in [0.15, 0.2) is 59.7 Å². The summed E-state index contributed by atoms with van der Waals surface area (Å²) < 4.78 is 16.3. The summed E-state index contributed by atoms with van der Waals surface area (Å²) in [5.41, 5.74) is 3.60. The fourth-order valence-electron chi connectivity index (χ4n) is 3.26. The second kappa shape index (κ2) is 9.82. The number of hydrogen-bond donors (Lipinski definition) is 2. The molecule has 4 rings (SSSR count). The molecule has 0 saturated heterocycles. The van der Waals surface area contributed by atoms with E-state index in [9.17, 15) is 9.59 Å². The van der Waals surface area contributed by atoms with Crippen molar-refractivity contribution in [3.8, 4) is 17.2 Å². The molecule has 0 atom stereocenters. The highest BCUT2D eigenvalue weighted by Crippen LogP contribution is 2.32. The first kappa shape index (κ1) is 21.2. The van der Waals surface area contributed by atoms with Gasteiger partial charge in [0.25, 0.3) is 11.8 Å². The van der Waals surface area contributed by atoms with Gasteiger partial charge in [-0.05, 0) is 41.5 Å². The molecule has 164 valence electrons. The maximum Gasteiger partial charge on any atom is 0.259 e. The van der Waals surface area contributed by atoms with E-state index in [1.54, 1.807) is 24.4 Å². The molecular formula is C24H23N3O5. The summed E-state index contributed by atoms with van der Waals surface area (Å²) in [4.78, 5) is 24.5. The molecule has 3 aromatic rings. The highest BCUT2D eigenvalue weighted by Gasteiger charge is 2.16. The van der Waals surface area contributed by atoms with Crippen LogP contribution >= 0.6 is 0 Å². The first-order valence-electron chi connectivity index (χ1n) is 10.3. The van der Waals surface area contributed by atoms with Gasteiger partial charge in [0.15, 0.2) is 11.5 Å². The Morgan fingerprint density at radius 1 is 1.09 bits per heavy atom. The Balaban J connectivity index is 1.38. The average Bonchev–Trinajstić information content (AvgIpc) is 3.29. The summed E-state index contributed by atoms with van der Waals surface area (Å²) >= 11 is 0. The molecule has 0 unspecified atom stereocenters. The van der Waals surface area contributed by atoms with E-state index in [1.165, 1.54) is 0 Å². The zero-order valence-corrected chi connectivity index (χ0v) is 17.6. The maximum absolute atomic E-state index is 12.3. The van der Waals surface area contributed by atoms with Crippen LogP contribution in [0.3, 0.4) is 0 Å². The van der Waals surface area contributed by atoms with Crippen molar-refractivity contribution >= 4 is 28.8 Å². The Morgan fingerprint density at radius 3 is 2.81 bits per heavy atom. The van der Waals surface area contributed by atoms with Crippen LogP contribution in [0.5, 0.6) is 17.2 Å². The van der Waals surface area contributed by atoms with Gasteiger partial charge in [-0.15, -0.1) is 0 Å². The fraction of sp³-hybridized carbons (Fsp3) is 0.208. The minimum Gasteiger partial charge on any atom is -0.493 e. The van der Waals surface area contributed by atoms with Gasteiger partial charge in [0, 0.05) is 11.1 Å². The Morgan fingerprint density at radius 2 is 1.94 bits per heavy atom. The van der Waals surface area contributed by atoms with Gasteiger partial charge < -0.3 is 19.5 Å². The second-order valence-corrected chi connectivity index (χ2v) is 7.09. The smallest absolute Gasteiger partial charge is 0.259 e. The Hall–Kier alpha value is -4.07. The number of ether oxygens (including phenoxy) is 3. The Bertz CT molecular complexity index is 1180. The summed E-state index contributed by atoms with van der Waals surface area (Å²) in [5, 5.41) is 8.64. The molecule has 8 nitrogen and oxygen atoms in total. The molecular weight excluding hydrogens is 410 g/mol. The number of nitrogens with zero attached hydrogens (tertiary/aromatic N) is 1. The van der Waals surface area contributed by atoms with Crippen LogP contribution in [0.4, 0.5) is 0 Å². The topological polar surface area (TPSA) is 98.2 Å². The predicted molar refractivity (Wildman–Crippen MR) is 120 cm³/mol. The van der Waals surface area contributed by atoms with E-state index in [-0.39, 0.29) is 13.3 Å². The first-order chi connectivity index (χ1) is 15.7. The third-order valence-electron chi connectivity index (χ3n) is 4.82. The van der Waals surface area contributed by atoms with Crippen LogP contribution in [0.1, 0.15) is 29.3 Å². The SMILES string of the molecule is CCCOc1ccc2ccccc2c1C=NNC(=O)CNC(=O)c1ccc2c(c1)OCO2. The van der Waals surface area contributed by atoms with Crippen molar-refractivity contribution in [1.82, 2.24) is 10.7 Å². The molecule has 1 heterocycles. The first-order valence-corrected chi connectivity index (χ1v) is 10.3. The van der Waals surface area contributed by atoms with Crippen LogP contribution in [-0.4, -0.2) is 38.0 Å². The molecule has 0 spiro atoms. The fourth-order valence-corrected chi connectivity index (χ4v) is 3.26. The van der Waals surface area contributed by atoms with E-state index >= 15 is 0 Å².